The number of allylic oxidation sites excluding steroid dienone is 1. The largest absolute Gasteiger partial charge is 0.289 e. The molecule has 0 aliphatic rings. The number of aryl methyl sites for hydroxylation is 1. The van der Waals surface area contributed by atoms with Crippen molar-refractivity contribution < 1.29 is 18.0 Å². The van der Waals surface area contributed by atoms with Crippen molar-refractivity contribution in [1.29, 1.82) is 0 Å². The molecule has 0 aliphatic heterocycles. The minimum atomic E-state index is -1.20. The maximum Gasteiger partial charge on any atom is 0.191 e. The first-order valence-corrected chi connectivity index (χ1v) is 8.47. The highest BCUT2D eigenvalue weighted by atomic mass is 19.1. The molecule has 0 aliphatic carbocycles. The molecule has 2 rings (SSSR count). The Labute approximate surface area is 146 Å². The molecular weight excluding hydrogens is 325 g/mol. The first-order chi connectivity index (χ1) is 12.0. The SMILES string of the molecule is CCCCCCc1ccc(C=CC(=O)c2c(F)cc(F)cc2F)cc1. The van der Waals surface area contributed by atoms with Crippen molar-refractivity contribution in [2.45, 2.75) is 39.0 Å². The monoisotopic (exact) mass is 346 g/mol. The zero-order valence-electron chi connectivity index (χ0n) is 14.2. The molecule has 2 aromatic carbocycles. The summed E-state index contributed by atoms with van der Waals surface area (Å²) in [5.74, 6) is -4.28. The van der Waals surface area contributed by atoms with Crippen LogP contribution in [0.4, 0.5) is 13.2 Å². The Morgan fingerprint density at radius 3 is 2.20 bits per heavy atom. The van der Waals surface area contributed by atoms with E-state index in [1.165, 1.54) is 30.9 Å². The van der Waals surface area contributed by atoms with Crippen LogP contribution >= 0.6 is 0 Å². The van der Waals surface area contributed by atoms with Gasteiger partial charge in [-0.1, -0.05) is 56.5 Å². The Bertz CT molecular complexity index is 725. The van der Waals surface area contributed by atoms with Crippen molar-refractivity contribution in [3.05, 3.63) is 76.6 Å². The number of hydrogen-bond acceptors (Lipinski definition) is 1. The smallest absolute Gasteiger partial charge is 0.191 e. The molecule has 0 unspecified atom stereocenters. The normalized spacial score (nSPS) is 11.2. The van der Waals surface area contributed by atoms with Crippen LogP contribution < -0.4 is 0 Å². The highest BCUT2D eigenvalue weighted by molar-refractivity contribution is 6.07. The van der Waals surface area contributed by atoms with Gasteiger partial charge in [0.05, 0.1) is 5.56 Å². The maximum atomic E-state index is 13.6. The molecule has 0 heterocycles. The van der Waals surface area contributed by atoms with Crippen molar-refractivity contribution in [3.8, 4) is 0 Å². The lowest BCUT2D eigenvalue weighted by atomic mass is 10.0. The predicted octanol–water partition coefficient (Wildman–Crippen LogP) is 6.12. The summed E-state index contributed by atoms with van der Waals surface area (Å²) >= 11 is 0. The molecule has 0 spiro atoms. The third-order valence-corrected chi connectivity index (χ3v) is 3.98. The van der Waals surface area contributed by atoms with E-state index in [1.54, 1.807) is 0 Å². The van der Waals surface area contributed by atoms with Gasteiger partial charge in [-0.2, -0.15) is 0 Å². The fraction of sp³-hybridized carbons (Fsp3) is 0.286. The lowest BCUT2D eigenvalue weighted by molar-refractivity contribution is 0.104. The molecule has 2 aromatic rings. The molecule has 0 bridgehead atoms. The van der Waals surface area contributed by atoms with Crippen LogP contribution in [-0.4, -0.2) is 5.78 Å². The maximum absolute atomic E-state index is 13.6. The minimum absolute atomic E-state index is 0.498. The van der Waals surface area contributed by atoms with Crippen molar-refractivity contribution in [3.63, 3.8) is 0 Å². The van der Waals surface area contributed by atoms with Crippen molar-refractivity contribution in [2.24, 2.45) is 0 Å². The summed E-state index contributed by atoms with van der Waals surface area (Å²) in [5.41, 5.74) is 1.23. The summed E-state index contributed by atoms with van der Waals surface area (Å²) in [6, 6.07) is 8.67. The Morgan fingerprint density at radius 2 is 1.60 bits per heavy atom. The zero-order valence-corrected chi connectivity index (χ0v) is 14.2. The summed E-state index contributed by atoms with van der Waals surface area (Å²) in [5, 5.41) is 0. The van der Waals surface area contributed by atoms with Crippen LogP contribution in [0.1, 0.15) is 54.1 Å². The van der Waals surface area contributed by atoms with Crippen LogP contribution in [0.25, 0.3) is 6.08 Å². The number of halogens is 3. The van der Waals surface area contributed by atoms with E-state index in [-0.39, 0.29) is 0 Å². The fourth-order valence-electron chi connectivity index (χ4n) is 2.58. The quantitative estimate of drug-likeness (QED) is 0.319. The van der Waals surface area contributed by atoms with Gasteiger partial charge in [0.25, 0.3) is 0 Å². The van der Waals surface area contributed by atoms with Crippen molar-refractivity contribution >= 4 is 11.9 Å². The van der Waals surface area contributed by atoms with Gasteiger partial charge >= 0.3 is 0 Å². The summed E-state index contributed by atoms with van der Waals surface area (Å²) in [6.07, 6.45) is 8.38. The molecule has 0 N–H and O–H groups in total. The molecule has 0 fully saturated rings. The lowest BCUT2D eigenvalue weighted by Crippen LogP contribution is -2.04. The Kier molecular flexibility index (Phi) is 6.99. The average molecular weight is 346 g/mol. The van der Waals surface area contributed by atoms with E-state index in [2.05, 4.69) is 6.92 Å². The van der Waals surface area contributed by atoms with Gasteiger partial charge in [-0.25, -0.2) is 13.2 Å². The molecule has 0 radical (unpaired) electrons. The van der Waals surface area contributed by atoms with Gasteiger partial charge in [0, 0.05) is 12.1 Å². The topological polar surface area (TPSA) is 17.1 Å². The second kappa shape index (κ2) is 9.21. The summed E-state index contributed by atoms with van der Waals surface area (Å²) < 4.78 is 40.0. The summed E-state index contributed by atoms with van der Waals surface area (Å²) in [4.78, 5) is 12.0. The van der Waals surface area contributed by atoms with Gasteiger partial charge in [-0.15, -0.1) is 0 Å². The number of carbonyl (C=O) groups excluding carboxylic acids is 1. The first-order valence-electron chi connectivity index (χ1n) is 8.47. The summed E-state index contributed by atoms with van der Waals surface area (Å²) in [7, 11) is 0. The van der Waals surface area contributed by atoms with Crippen LogP contribution in [0.15, 0.2) is 42.5 Å². The highest BCUT2D eigenvalue weighted by Gasteiger charge is 2.16. The van der Waals surface area contributed by atoms with Crippen LogP contribution in [-0.2, 0) is 6.42 Å². The number of hydrogen-bond donors (Lipinski definition) is 0. The molecule has 25 heavy (non-hydrogen) atoms. The number of unbranched alkanes of at least 4 members (excludes halogenated alkanes) is 3. The number of benzene rings is 2. The van der Waals surface area contributed by atoms with Crippen LogP contribution in [0.3, 0.4) is 0 Å². The Morgan fingerprint density at radius 1 is 0.960 bits per heavy atom. The molecule has 0 atom stereocenters. The molecule has 0 saturated carbocycles. The average Bonchev–Trinajstić information content (AvgIpc) is 2.57. The van der Waals surface area contributed by atoms with Gasteiger partial charge in [0.1, 0.15) is 17.5 Å². The molecular formula is C21H21F3O. The van der Waals surface area contributed by atoms with E-state index >= 15 is 0 Å². The number of carbonyl (C=O) groups is 1. The predicted molar refractivity (Wildman–Crippen MR) is 94.0 cm³/mol. The second-order valence-corrected chi connectivity index (χ2v) is 5.99. The van der Waals surface area contributed by atoms with E-state index < -0.39 is 28.8 Å². The van der Waals surface area contributed by atoms with Gasteiger partial charge in [-0.3, -0.25) is 4.79 Å². The third kappa shape index (κ3) is 5.59. The van der Waals surface area contributed by atoms with E-state index in [0.29, 0.717) is 12.1 Å². The van der Waals surface area contributed by atoms with Gasteiger partial charge in [-0.05, 0) is 30.0 Å². The van der Waals surface area contributed by atoms with Gasteiger partial charge in [0.15, 0.2) is 5.78 Å². The molecule has 0 aromatic heterocycles. The van der Waals surface area contributed by atoms with E-state index in [1.807, 2.05) is 24.3 Å². The van der Waals surface area contributed by atoms with Crippen LogP contribution in [0.5, 0.6) is 0 Å². The number of ketones is 1. The Balaban J connectivity index is 2.01. The molecule has 1 nitrogen and oxygen atoms in total. The molecule has 4 heteroatoms. The van der Waals surface area contributed by atoms with E-state index in [0.717, 1.165) is 24.5 Å². The van der Waals surface area contributed by atoms with Crippen molar-refractivity contribution in [2.75, 3.05) is 0 Å². The fourth-order valence-corrected chi connectivity index (χ4v) is 2.58. The standard InChI is InChI=1S/C21H21F3O/c1-2-3-4-5-6-15-7-9-16(10-8-15)11-12-20(25)21-18(23)13-17(22)14-19(21)24/h7-14H,2-6H2,1H3. The molecule has 132 valence electrons. The van der Waals surface area contributed by atoms with Crippen LogP contribution in [0.2, 0.25) is 0 Å². The first kappa shape index (κ1) is 19.0. The molecule has 0 amide bonds. The van der Waals surface area contributed by atoms with E-state index in [9.17, 15) is 18.0 Å². The van der Waals surface area contributed by atoms with Gasteiger partial charge < -0.3 is 0 Å². The Hall–Kier alpha value is -2.36. The number of rotatable bonds is 8. The lowest BCUT2D eigenvalue weighted by Gasteiger charge is -2.03. The minimum Gasteiger partial charge on any atom is -0.289 e. The molecule has 0 saturated heterocycles. The summed E-state index contributed by atoms with van der Waals surface area (Å²) in [6.45, 7) is 2.17. The third-order valence-electron chi connectivity index (χ3n) is 3.98. The van der Waals surface area contributed by atoms with Crippen molar-refractivity contribution in [1.82, 2.24) is 0 Å². The second-order valence-electron chi connectivity index (χ2n) is 5.99. The highest BCUT2D eigenvalue weighted by Crippen LogP contribution is 2.17. The van der Waals surface area contributed by atoms with Crippen LogP contribution in [0, 0.1) is 17.5 Å². The van der Waals surface area contributed by atoms with Gasteiger partial charge in [0.2, 0.25) is 0 Å². The van der Waals surface area contributed by atoms with E-state index in [4.69, 9.17) is 0 Å². The zero-order chi connectivity index (χ0) is 18.2.